The number of unbranched alkanes of at least 4 members (excludes halogenated alkanes) is 2. The Morgan fingerprint density at radius 1 is 1.00 bits per heavy atom. The van der Waals surface area contributed by atoms with Gasteiger partial charge in [-0.3, -0.25) is 4.99 Å². The van der Waals surface area contributed by atoms with Crippen LogP contribution in [0.5, 0.6) is 0 Å². The molecule has 0 unspecified atom stereocenters. The van der Waals surface area contributed by atoms with Crippen molar-refractivity contribution in [1.82, 2.24) is 9.97 Å². The van der Waals surface area contributed by atoms with Gasteiger partial charge in [-0.25, -0.2) is 0 Å². The number of rotatable bonds is 6. The molecule has 2 N–H and O–H groups in total. The lowest BCUT2D eigenvalue weighted by atomic mass is 10.1. The van der Waals surface area contributed by atoms with Gasteiger partial charge in [0.1, 0.15) is 0 Å². The van der Waals surface area contributed by atoms with Crippen LogP contribution in [0.4, 0.5) is 5.69 Å². The molecule has 2 aromatic carbocycles. The van der Waals surface area contributed by atoms with Crippen LogP contribution in [0.2, 0.25) is 0 Å². The number of hydrogen-bond donors (Lipinski definition) is 2. The molecule has 2 aromatic heterocycles. The van der Waals surface area contributed by atoms with E-state index in [1.165, 1.54) is 46.9 Å². The minimum atomic E-state index is 1.00. The summed E-state index contributed by atoms with van der Waals surface area (Å²) < 4.78 is 0. The second-order valence-corrected chi connectivity index (χ2v) is 7.47. The van der Waals surface area contributed by atoms with Crippen molar-refractivity contribution in [1.29, 1.82) is 0 Å². The van der Waals surface area contributed by atoms with E-state index in [1.807, 2.05) is 6.21 Å². The van der Waals surface area contributed by atoms with Crippen LogP contribution >= 0.6 is 0 Å². The first-order valence-corrected chi connectivity index (χ1v) is 9.89. The SMILES string of the molecule is CCCCCc1cc2cc(C)cc(/N=C/c3[nH]c4ccccc4c3C)c2[nH]1. The molecule has 0 fully saturated rings. The summed E-state index contributed by atoms with van der Waals surface area (Å²) in [6.45, 7) is 6.52. The monoisotopic (exact) mass is 357 g/mol. The standard InChI is InChI=1S/C24H27N3/c1-4-5-6-9-19-14-18-12-16(2)13-22(24(18)26-19)25-15-23-17(3)20-10-7-8-11-21(20)27-23/h7-8,10-15,26-27H,4-6,9H2,1-3H3/b25-15+. The number of aromatic nitrogens is 2. The van der Waals surface area contributed by atoms with Gasteiger partial charge in [0, 0.05) is 22.0 Å². The summed E-state index contributed by atoms with van der Waals surface area (Å²) in [6, 6.07) is 15.1. The molecule has 0 aliphatic rings. The maximum Gasteiger partial charge on any atom is 0.0874 e. The molecule has 27 heavy (non-hydrogen) atoms. The lowest BCUT2D eigenvalue weighted by Crippen LogP contribution is -1.85. The first kappa shape index (κ1) is 17.6. The van der Waals surface area contributed by atoms with Gasteiger partial charge in [0.15, 0.2) is 0 Å². The number of H-pyrrole nitrogens is 2. The molecule has 0 amide bonds. The maximum atomic E-state index is 4.84. The summed E-state index contributed by atoms with van der Waals surface area (Å²) in [5.74, 6) is 0. The molecular weight excluding hydrogens is 330 g/mol. The minimum Gasteiger partial charge on any atom is -0.357 e. The molecule has 4 aromatic rings. The lowest BCUT2D eigenvalue weighted by Gasteiger charge is -2.00. The number of nitrogens with zero attached hydrogens (tertiary/aromatic N) is 1. The highest BCUT2D eigenvalue weighted by atomic mass is 14.8. The molecule has 0 spiro atoms. The Balaban J connectivity index is 1.69. The summed E-state index contributed by atoms with van der Waals surface area (Å²) in [5.41, 5.74) is 8.15. The van der Waals surface area contributed by atoms with E-state index >= 15 is 0 Å². The first-order valence-electron chi connectivity index (χ1n) is 9.89. The number of fused-ring (bicyclic) bond motifs is 2. The number of hydrogen-bond acceptors (Lipinski definition) is 1. The van der Waals surface area contributed by atoms with Gasteiger partial charge in [0.2, 0.25) is 0 Å². The van der Waals surface area contributed by atoms with Crippen LogP contribution in [0.1, 0.15) is 48.7 Å². The zero-order chi connectivity index (χ0) is 18.8. The van der Waals surface area contributed by atoms with Gasteiger partial charge in [-0.05, 0) is 62.1 Å². The van der Waals surface area contributed by atoms with Crippen LogP contribution in [-0.2, 0) is 6.42 Å². The van der Waals surface area contributed by atoms with Crippen molar-refractivity contribution >= 4 is 33.7 Å². The Bertz CT molecular complexity index is 1110. The molecule has 0 aliphatic heterocycles. The van der Waals surface area contributed by atoms with Crippen molar-refractivity contribution in [2.24, 2.45) is 4.99 Å². The number of benzene rings is 2. The van der Waals surface area contributed by atoms with Gasteiger partial charge < -0.3 is 9.97 Å². The second kappa shape index (κ2) is 7.43. The van der Waals surface area contributed by atoms with Gasteiger partial charge in [0.05, 0.1) is 23.1 Å². The zero-order valence-electron chi connectivity index (χ0n) is 16.4. The number of aryl methyl sites for hydroxylation is 3. The predicted molar refractivity (Wildman–Crippen MR) is 117 cm³/mol. The van der Waals surface area contributed by atoms with Crippen molar-refractivity contribution in [3.8, 4) is 0 Å². The molecular formula is C24H27N3. The summed E-state index contributed by atoms with van der Waals surface area (Å²) in [7, 11) is 0. The molecule has 0 saturated carbocycles. The van der Waals surface area contributed by atoms with Crippen LogP contribution in [0.25, 0.3) is 21.8 Å². The van der Waals surface area contributed by atoms with Crippen LogP contribution in [-0.4, -0.2) is 16.2 Å². The van der Waals surface area contributed by atoms with Gasteiger partial charge in [-0.15, -0.1) is 0 Å². The van der Waals surface area contributed by atoms with E-state index in [0.717, 1.165) is 28.8 Å². The molecule has 138 valence electrons. The fraction of sp³-hybridized carbons (Fsp3) is 0.292. The quantitative estimate of drug-likeness (QED) is 0.283. The predicted octanol–water partition coefficient (Wildman–Crippen LogP) is 6.75. The average Bonchev–Trinajstić information content (AvgIpc) is 3.21. The van der Waals surface area contributed by atoms with Crippen molar-refractivity contribution in [3.63, 3.8) is 0 Å². The largest absolute Gasteiger partial charge is 0.357 e. The van der Waals surface area contributed by atoms with Gasteiger partial charge in [-0.1, -0.05) is 38.0 Å². The maximum absolute atomic E-state index is 4.84. The second-order valence-electron chi connectivity index (χ2n) is 7.47. The van der Waals surface area contributed by atoms with Gasteiger partial charge in [-0.2, -0.15) is 0 Å². The van der Waals surface area contributed by atoms with Crippen LogP contribution in [0.15, 0.2) is 47.5 Å². The van der Waals surface area contributed by atoms with Crippen molar-refractivity contribution in [2.75, 3.05) is 0 Å². The third-order valence-electron chi connectivity index (χ3n) is 5.29. The normalized spacial score (nSPS) is 12.0. The Kier molecular flexibility index (Phi) is 4.85. The summed E-state index contributed by atoms with van der Waals surface area (Å²) in [6.07, 6.45) is 6.82. The highest BCUT2D eigenvalue weighted by molar-refractivity contribution is 5.97. The fourth-order valence-electron chi connectivity index (χ4n) is 3.80. The van der Waals surface area contributed by atoms with Gasteiger partial charge >= 0.3 is 0 Å². The number of aromatic amines is 2. The zero-order valence-corrected chi connectivity index (χ0v) is 16.4. The smallest absolute Gasteiger partial charge is 0.0874 e. The van der Waals surface area contributed by atoms with E-state index in [-0.39, 0.29) is 0 Å². The molecule has 0 atom stereocenters. The van der Waals surface area contributed by atoms with Gasteiger partial charge in [0.25, 0.3) is 0 Å². The van der Waals surface area contributed by atoms with Crippen molar-refractivity contribution in [2.45, 2.75) is 46.5 Å². The molecule has 2 heterocycles. The van der Waals surface area contributed by atoms with E-state index in [9.17, 15) is 0 Å². The number of para-hydroxylation sites is 1. The minimum absolute atomic E-state index is 1.00. The van der Waals surface area contributed by atoms with Crippen molar-refractivity contribution in [3.05, 3.63) is 65.0 Å². The Hall–Kier alpha value is -2.81. The highest BCUT2D eigenvalue weighted by Gasteiger charge is 2.08. The van der Waals surface area contributed by atoms with E-state index in [2.05, 4.69) is 73.2 Å². The molecule has 0 radical (unpaired) electrons. The average molecular weight is 358 g/mol. The molecule has 0 saturated heterocycles. The lowest BCUT2D eigenvalue weighted by molar-refractivity contribution is 0.710. The Morgan fingerprint density at radius 2 is 1.85 bits per heavy atom. The first-order chi connectivity index (χ1) is 13.2. The van der Waals surface area contributed by atoms with Crippen LogP contribution < -0.4 is 0 Å². The summed E-state index contributed by atoms with van der Waals surface area (Å²) in [4.78, 5) is 11.9. The molecule has 0 bridgehead atoms. The topological polar surface area (TPSA) is 43.9 Å². The van der Waals surface area contributed by atoms with E-state index in [0.29, 0.717) is 0 Å². The number of nitrogens with one attached hydrogen (secondary N) is 2. The fourth-order valence-corrected chi connectivity index (χ4v) is 3.80. The Morgan fingerprint density at radius 3 is 2.67 bits per heavy atom. The van der Waals surface area contributed by atoms with E-state index in [4.69, 9.17) is 4.99 Å². The molecule has 3 heteroatoms. The van der Waals surface area contributed by atoms with Crippen molar-refractivity contribution < 1.29 is 0 Å². The summed E-state index contributed by atoms with van der Waals surface area (Å²) >= 11 is 0. The number of aliphatic imine (C=N–C) groups is 1. The van der Waals surface area contributed by atoms with Crippen LogP contribution in [0.3, 0.4) is 0 Å². The molecule has 4 rings (SSSR count). The Labute approximate surface area is 160 Å². The molecule has 3 nitrogen and oxygen atoms in total. The highest BCUT2D eigenvalue weighted by Crippen LogP contribution is 2.29. The third kappa shape index (κ3) is 3.55. The van der Waals surface area contributed by atoms with E-state index < -0.39 is 0 Å². The van der Waals surface area contributed by atoms with Crippen LogP contribution in [0, 0.1) is 13.8 Å². The third-order valence-corrected chi connectivity index (χ3v) is 5.29. The molecule has 0 aliphatic carbocycles. The van der Waals surface area contributed by atoms with E-state index in [1.54, 1.807) is 0 Å². The summed E-state index contributed by atoms with van der Waals surface area (Å²) in [5, 5.41) is 2.51.